The lowest BCUT2D eigenvalue weighted by molar-refractivity contribution is -0.192. The number of hydrogen-bond acceptors (Lipinski definition) is 8. The van der Waals surface area contributed by atoms with Gasteiger partial charge in [0, 0.05) is 61.4 Å². The summed E-state index contributed by atoms with van der Waals surface area (Å²) in [4.78, 5) is 17.5. The van der Waals surface area contributed by atoms with Crippen molar-refractivity contribution in [3.8, 4) is 11.4 Å². The maximum atomic E-state index is 15.0. The Balaban J connectivity index is 0.929. The number of nitrogens with zero attached hydrogens (tertiary/aromatic N) is 7. The van der Waals surface area contributed by atoms with Crippen molar-refractivity contribution in [1.82, 2.24) is 24.1 Å². The average molecular weight is 686 g/mol. The van der Waals surface area contributed by atoms with E-state index in [1.165, 1.54) is 16.8 Å². The van der Waals surface area contributed by atoms with Gasteiger partial charge in [0.2, 0.25) is 5.79 Å². The van der Waals surface area contributed by atoms with E-state index in [0.717, 1.165) is 61.4 Å². The summed E-state index contributed by atoms with van der Waals surface area (Å²) >= 11 is 0. The number of aryl methyl sites for hydroxylation is 1. The topological polar surface area (TPSA) is 91.8 Å². The van der Waals surface area contributed by atoms with E-state index in [2.05, 4.69) is 26.9 Å². The van der Waals surface area contributed by atoms with Gasteiger partial charge in [-0.05, 0) is 87.0 Å². The minimum absolute atomic E-state index is 0.0965. The van der Waals surface area contributed by atoms with Gasteiger partial charge in [-0.15, -0.1) is 0 Å². The highest BCUT2D eigenvalue weighted by molar-refractivity contribution is 5.54. The second kappa shape index (κ2) is 14.1. The molecule has 0 radical (unpaired) electrons. The van der Waals surface area contributed by atoms with E-state index < -0.39 is 23.5 Å². The summed E-state index contributed by atoms with van der Waals surface area (Å²) < 4.78 is 51.9. The number of rotatable bonds is 11. The van der Waals surface area contributed by atoms with Crippen LogP contribution in [0.4, 0.5) is 20.2 Å². The van der Waals surface area contributed by atoms with Crippen molar-refractivity contribution in [2.45, 2.75) is 51.7 Å². The molecule has 0 N–H and O–H groups in total. The van der Waals surface area contributed by atoms with Gasteiger partial charge in [0.05, 0.1) is 24.5 Å². The lowest BCUT2D eigenvalue weighted by Gasteiger charge is -2.37. The molecule has 5 aromatic rings. The average Bonchev–Trinajstić information content (AvgIpc) is 3.85. The largest absolute Gasteiger partial charge is 0.491 e. The summed E-state index contributed by atoms with van der Waals surface area (Å²) in [6, 6.07) is 21.2. The van der Waals surface area contributed by atoms with Crippen molar-refractivity contribution in [3.05, 3.63) is 119 Å². The second-order valence-corrected chi connectivity index (χ2v) is 12.9. The number of hydrogen-bond donors (Lipinski definition) is 0. The Hall–Kier alpha value is -5.01. The number of piperazine rings is 1. The van der Waals surface area contributed by atoms with Crippen LogP contribution in [0.15, 0.2) is 90.1 Å². The van der Waals surface area contributed by atoms with E-state index in [4.69, 9.17) is 14.2 Å². The molecule has 7 rings (SSSR count). The monoisotopic (exact) mass is 685 g/mol. The molecule has 2 aliphatic rings. The predicted molar refractivity (Wildman–Crippen MR) is 185 cm³/mol. The molecule has 13 heteroatoms. The second-order valence-electron chi connectivity index (χ2n) is 12.9. The molecule has 2 aliphatic heterocycles. The quantitative estimate of drug-likeness (QED) is 0.181. The summed E-state index contributed by atoms with van der Waals surface area (Å²) in [5, 5.41) is 8.73. The highest BCUT2D eigenvalue weighted by atomic mass is 19.1. The minimum atomic E-state index is -1.48. The lowest BCUT2D eigenvalue weighted by Crippen LogP contribution is -2.46. The molecule has 11 nitrogen and oxygen atoms in total. The van der Waals surface area contributed by atoms with Gasteiger partial charge >= 0.3 is 5.69 Å². The zero-order valence-corrected chi connectivity index (χ0v) is 28.4. The molecule has 262 valence electrons. The van der Waals surface area contributed by atoms with Crippen LogP contribution in [0.5, 0.6) is 5.75 Å². The first-order valence-electron chi connectivity index (χ1n) is 17.0. The van der Waals surface area contributed by atoms with Crippen molar-refractivity contribution in [3.63, 3.8) is 0 Å². The molecular formula is C37H41F2N7O4. The molecule has 0 aliphatic carbocycles. The van der Waals surface area contributed by atoms with Crippen molar-refractivity contribution >= 4 is 11.4 Å². The lowest BCUT2D eigenvalue weighted by atomic mass is 10.0. The van der Waals surface area contributed by atoms with E-state index >= 15 is 0 Å². The highest BCUT2D eigenvalue weighted by Gasteiger charge is 2.46. The normalized spacial score (nSPS) is 20.0. The Morgan fingerprint density at radius 3 is 2.22 bits per heavy atom. The van der Waals surface area contributed by atoms with Crippen LogP contribution in [0.2, 0.25) is 0 Å². The van der Waals surface area contributed by atoms with Crippen LogP contribution in [-0.4, -0.2) is 69.6 Å². The van der Waals surface area contributed by atoms with Gasteiger partial charge < -0.3 is 24.0 Å². The number of halogens is 2. The summed E-state index contributed by atoms with van der Waals surface area (Å²) in [5.41, 5.74) is 3.74. The molecule has 0 spiro atoms. The fraction of sp³-hybridized carbons (Fsp3) is 0.378. The van der Waals surface area contributed by atoms with Crippen LogP contribution >= 0.6 is 0 Å². The standard InChI is InChI=1S/C37H41F2N7O4/c1-4-27(3)45-25-40-46(36(45)47)31-8-6-29(7-9-31)42-17-19-43(20-18-42)30-10-12-32(13-11-30)48-22-33-23-49-37(50-33,24-44-16-15-26(2)41-44)34-14-5-28(38)21-35(34)39/h5-16,21,25,27,33H,4,17-20,22-24H2,1-3H3/t27?,33-,37-/m1/s1. The van der Waals surface area contributed by atoms with Crippen LogP contribution in [0.25, 0.3) is 5.69 Å². The smallest absolute Gasteiger partial charge is 0.350 e. The number of aromatic nitrogens is 5. The van der Waals surface area contributed by atoms with Gasteiger partial charge in [-0.25, -0.2) is 13.6 Å². The van der Waals surface area contributed by atoms with E-state index in [1.54, 1.807) is 21.8 Å². The third-order valence-corrected chi connectivity index (χ3v) is 9.48. The molecule has 1 unspecified atom stereocenters. The molecule has 2 aromatic heterocycles. The molecule has 0 bridgehead atoms. The van der Waals surface area contributed by atoms with Crippen LogP contribution in [0.1, 0.15) is 37.6 Å². The first-order valence-corrected chi connectivity index (χ1v) is 17.0. The van der Waals surface area contributed by atoms with Crippen molar-refractivity contribution in [2.75, 3.05) is 49.2 Å². The maximum absolute atomic E-state index is 15.0. The van der Waals surface area contributed by atoms with E-state index in [1.807, 2.05) is 68.4 Å². The zero-order valence-electron chi connectivity index (χ0n) is 28.4. The van der Waals surface area contributed by atoms with Crippen LogP contribution < -0.4 is 20.2 Å². The number of ether oxygens (including phenoxy) is 3. The van der Waals surface area contributed by atoms with Crippen molar-refractivity contribution in [1.29, 1.82) is 0 Å². The summed E-state index contributed by atoms with van der Waals surface area (Å²) in [5.74, 6) is -2.22. The Bertz CT molecular complexity index is 1970. The van der Waals surface area contributed by atoms with Gasteiger partial charge in [0.25, 0.3) is 0 Å². The molecule has 4 heterocycles. The third-order valence-electron chi connectivity index (χ3n) is 9.48. The fourth-order valence-electron chi connectivity index (χ4n) is 6.48. The van der Waals surface area contributed by atoms with Gasteiger partial charge in [0.15, 0.2) is 0 Å². The van der Waals surface area contributed by atoms with Gasteiger partial charge in [-0.2, -0.15) is 14.9 Å². The summed E-state index contributed by atoms with van der Waals surface area (Å²) in [6.07, 6.45) is 3.75. The Morgan fingerprint density at radius 1 is 0.940 bits per heavy atom. The first kappa shape index (κ1) is 33.5. The van der Waals surface area contributed by atoms with E-state index in [9.17, 15) is 13.6 Å². The van der Waals surface area contributed by atoms with Crippen LogP contribution in [0.3, 0.4) is 0 Å². The van der Waals surface area contributed by atoms with Crippen molar-refractivity contribution in [2.24, 2.45) is 0 Å². The molecule has 50 heavy (non-hydrogen) atoms. The molecular weight excluding hydrogens is 644 g/mol. The van der Waals surface area contributed by atoms with Crippen molar-refractivity contribution < 1.29 is 23.0 Å². The third kappa shape index (κ3) is 6.88. The van der Waals surface area contributed by atoms with Crippen LogP contribution in [0, 0.1) is 18.6 Å². The van der Waals surface area contributed by atoms with Gasteiger partial charge in [-0.3, -0.25) is 9.25 Å². The highest BCUT2D eigenvalue weighted by Crippen LogP contribution is 2.38. The van der Waals surface area contributed by atoms with Gasteiger partial charge in [-0.1, -0.05) is 6.92 Å². The fourth-order valence-corrected chi connectivity index (χ4v) is 6.48. The Labute approximate surface area is 289 Å². The molecule has 0 amide bonds. The molecule has 0 saturated carbocycles. The number of anilines is 2. The van der Waals surface area contributed by atoms with Crippen LogP contribution in [-0.2, 0) is 21.8 Å². The summed E-state index contributed by atoms with van der Waals surface area (Å²) in [6.45, 7) is 9.79. The van der Waals surface area contributed by atoms with E-state index in [-0.39, 0.29) is 37.1 Å². The minimum Gasteiger partial charge on any atom is -0.491 e. The Kier molecular flexibility index (Phi) is 9.43. The van der Waals surface area contributed by atoms with Gasteiger partial charge in [0.1, 0.15) is 36.4 Å². The molecule has 3 atom stereocenters. The summed E-state index contributed by atoms with van der Waals surface area (Å²) in [7, 11) is 0. The first-order chi connectivity index (χ1) is 24.2. The Morgan fingerprint density at radius 2 is 1.60 bits per heavy atom. The number of benzene rings is 3. The predicted octanol–water partition coefficient (Wildman–Crippen LogP) is 5.46. The molecule has 3 aromatic carbocycles. The molecule has 2 saturated heterocycles. The molecule has 2 fully saturated rings. The zero-order chi connectivity index (χ0) is 34.8. The maximum Gasteiger partial charge on any atom is 0.350 e. The van der Waals surface area contributed by atoms with E-state index in [0.29, 0.717) is 5.75 Å². The SMILES string of the molecule is CCC(C)n1cnn(-c2ccc(N3CCN(c4ccc(OC[C@@H]5CO[C@@](Cn6ccc(C)n6)(c6ccc(F)cc6F)O5)cc4)CC3)cc2)c1=O.